The van der Waals surface area contributed by atoms with Crippen LogP contribution in [-0.4, -0.2) is 142 Å². The molecular formula is C18H15AsNa3O9S3. The van der Waals surface area contributed by atoms with Gasteiger partial charge in [-0.05, 0) is 0 Å². The summed E-state index contributed by atoms with van der Waals surface area (Å²) in [6.07, 6.45) is 0. The van der Waals surface area contributed by atoms with Crippen molar-refractivity contribution in [2.75, 3.05) is 0 Å². The van der Waals surface area contributed by atoms with Gasteiger partial charge in [0.15, 0.2) is 0 Å². The monoisotopic (exact) mass is 615 g/mol. The van der Waals surface area contributed by atoms with Crippen LogP contribution in [0.1, 0.15) is 0 Å². The van der Waals surface area contributed by atoms with Crippen LogP contribution in [0.4, 0.5) is 0 Å². The summed E-state index contributed by atoms with van der Waals surface area (Å²) in [5, 5.41) is 0. The third-order valence-electron chi connectivity index (χ3n) is 4.12. The van der Waals surface area contributed by atoms with Crippen molar-refractivity contribution in [3.63, 3.8) is 0 Å². The number of hydrogen-bond acceptors (Lipinski definition) is 6. The van der Waals surface area contributed by atoms with Gasteiger partial charge in [-0.15, -0.1) is 0 Å². The Bertz CT molecular complexity index is 1300. The third-order valence-corrected chi connectivity index (χ3v) is 11.7. The fraction of sp³-hybridized carbons (Fsp3) is 0. The Balaban J connectivity index is 0.00000363. The van der Waals surface area contributed by atoms with E-state index in [1.165, 1.54) is 54.6 Å². The Morgan fingerprint density at radius 2 is 0.706 bits per heavy atom. The molecule has 0 aromatic heterocycles. The molecule has 0 fully saturated rings. The van der Waals surface area contributed by atoms with Crippen molar-refractivity contribution in [2.45, 2.75) is 14.7 Å². The Morgan fingerprint density at radius 3 is 0.912 bits per heavy atom. The molecule has 0 saturated heterocycles. The van der Waals surface area contributed by atoms with Gasteiger partial charge in [-0.3, -0.25) is 0 Å². The molecule has 0 atom stereocenters. The maximum absolute atomic E-state index is 11.6. The van der Waals surface area contributed by atoms with Crippen LogP contribution in [-0.2, 0) is 30.4 Å². The van der Waals surface area contributed by atoms with Crippen molar-refractivity contribution in [3.05, 3.63) is 72.8 Å². The van der Waals surface area contributed by atoms with E-state index >= 15 is 0 Å². The molecule has 167 valence electrons. The summed E-state index contributed by atoms with van der Waals surface area (Å²) in [5.74, 6) is 0. The second-order valence-electron chi connectivity index (χ2n) is 6.25. The standard InChI is InChI=1S/C18H15AsO9S3.3Na/c20-29(21,22)16-7-1-4-13(10-16)19(14-5-2-8-17(11-14)30(23,24)25)15-6-3-9-18(12-15)31(26,27)28;;;/h1-12H,(H,20,21,22)(H,23,24,25)(H,26,27,28);;;. The van der Waals surface area contributed by atoms with E-state index in [9.17, 15) is 38.9 Å². The first-order valence-corrected chi connectivity index (χ1v) is 15.4. The molecule has 0 aliphatic carbocycles. The van der Waals surface area contributed by atoms with Crippen molar-refractivity contribution in [1.29, 1.82) is 0 Å². The van der Waals surface area contributed by atoms with E-state index in [1.54, 1.807) is 18.2 Å². The Labute approximate surface area is 269 Å². The van der Waals surface area contributed by atoms with Crippen LogP contribution in [0.5, 0.6) is 0 Å². The van der Waals surface area contributed by atoms with E-state index in [-0.39, 0.29) is 103 Å². The van der Waals surface area contributed by atoms with Crippen molar-refractivity contribution < 1.29 is 38.9 Å². The minimum Gasteiger partial charge on any atom is 0 e. The van der Waals surface area contributed by atoms with E-state index in [0.717, 1.165) is 0 Å². The predicted molar refractivity (Wildman–Crippen MR) is 131 cm³/mol. The van der Waals surface area contributed by atoms with Crippen LogP contribution in [0.2, 0.25) is 0 Å². The second-order valence-corrected chi connectivity index (χ2v) is 15.2. The summed E-state index contributed by atoms with van der Waals surface area (Å²) in [4.78, 5) is -1.16. The first-order chi connectivity index (χ1) is 14.3. The average molecular weight is 615 g/mol. The first-order valence-electron chi connectivity index (χ1n) is 8.30. The van der Waals surface area contributed by atoms with Gasteiger partial charge in [-0.2, -0.15) is 0 Å². The van der Waals surface area contributed by atoms with E-state index in [1.807, 2.05) is 0 Å². The minimum atomic E-state index is -4.53. The molecule has 34 heavy (non-hydrogen) atoms. The van der Waals surface area contributed by atoms with Crippen LogP contribution in [0, 0.1) is 0 Å². The molecule has 9 nitrogen and oxygen atoms in total. The van der Waals surface area contributed by atoms with Crippen LogP contribution in [0.25, 0.3) is 0 Å². The van der Waals surface area contributed by atoms with Gasteiger partial charge in [0.2, 0.25) is 0 Å². The molecule has 3 aromatic carbocycles. The predicted octanol–water partition coefficient (Wildman–Crippen LogP) is -1.20. The van der Waals surface area contributed by atoms with Crippen LogP contribution in [0.15, 0.2) is 87.5 Å². The molecule has 0 aliphatic heterocycles. The van der Waals surface area contributed by atoms with Crippen molar-refractivity contribution in [3.8, 4) is 0 Å². The summed E-state index contributed by atoms with van der Waals surface area (Å²) in [6.45, 7) is 0. The van der Waals surface area contributed by atoms with E-state index in [0.29, 0.717) is 13.1 Å². The summed E-state index contributed by atoms with van der Waals surface area (Å²) in [6, 6.07) is 16.0. The average Bonchev–Trinajstić information content (AvgIpc) is 2.67. The molecular weight excluding hydrogens is 600 g/mol. The second kappa shape index (κ2) is 13.7. The number of benzene rings is 3. The van der Waals surface area contributed by atoms with Crippen LogP contribution >= 0.6 is 0 Å². The van der Waals surface area contributed by atoms with Crippen molar-refractivity contribution in [1.82, 2.24) is 0 Å². The maximum atomic E-state index is 11.6. The van der Waals surface area contributed by atoms with Gasteiger partial charge in [0.05, 0.1) is 0 Å². The molecule has 3 rings (SSSR count). The molecule has 16 heteroatoms. The normalized spacial score (nSPS) is 11.6. The zero-order valence-electron chi connectivity index (χ0n) is 18.4. The third kappa shape index (κ3) is 9.05. The van der Waals surface area contributed by atoms with Gasteiger partial charge >= 0.3 is 184 Å². The maximum Gasteiger partial charge on any atom is 0 e. The largest absolute Gasteiger partial charge is 0 e. The first kappa shape index (κ1) is 34.9. The molecule has 0 heterocycles. The topological polar surface area (TPSA) is 163 Å². The quantitative estimate of drug-likeness (QED) is 0.229. The van der Waals surface area contributed by atoms with Gasteiger partial charge < -0.3 is 0 Å². The Hall–Kier alpha value is 0.948. The summed E-state index contributed by atoms with van der Waals surface area (Å²) < 4.78 is 99.1. The van der Waals surface area contributed by atoms with E-state index in [2.05, 4.69) is 0 Å². The number of rotatable bonds is 6. The molecule has 0 bridgehead atoms. The molecule has 0 unspecified atom stereocenters. The molecule has 3 aromatic rings. The smallest absolute Gasteiger partial charge is 0 e. The molecule has 0 saturated carbocycles. The minimum absolute atomic E-state index is 0. The zero-order chi connectivity index (χ0) is 23.0. The summed E-state index contributed by atoms with van der Waals surface area (Å²) >= 11 is -2.83. The van der Waals surface area contributed by atoms with E-state index in [4.69, 9.17) is 0 Å². The molecule has 0 spiro atoms. The van der Waals surface area contributed by atoms with Gasteiger partial charge in [-0.25, -0.2) is 0 Å². The van der Waals surface area contributed by atoms with Gasteiger partial charge in [-0.1, -0.05) is 0 Å². The fourth-order valence-corrected chi connectivity index (χ4v) is 9.99. The van der Waals surface area contributed by atoms with Crippen LogP contribution < -0.4 is 13.1 Å². The molecule has 0 amide bonds. The number of hydrogen-bond donors (Lipinski definition) is 3. The molecule has 0 aliphatic rings. The summed E-state index contributed by atoms with van der Waals surface area (Å²) in [5.41, 5.74) is 0. The van der Waals surface area contributed by atoms with Gasteiger partial charge in [0, 0.05) is 88.7 Å². The Morgan fingerprint density at radius 1 is 0.471 bits per heavy atom. The Kier molecular flexibility index (Phi) is 14.0. The van der Waals surface area contributed by atoms with E-state index < -0.39 is 45.0 Å². The summed E-state index contributed by atoms with van der Waals surface area (Å²) in [7, 11) is -13.6. The molecule has 3 radical (unpaired) electrons. The van der Waals surface area contributed by atoms with Crippen molar-refractivity contribution in [2.24, 2.45) is 0 Å². The van der Waals surface area contributed by atoms with Crippen molar-refractivity contribution >= 4 is 147 Å². The van der Waals surface area contributed by atoms with Gasteiger partial charge in [0.1, 0.15) is 0 Å². The fourth-order valence-electron chi connectivity index (χ4n) is 2.80. The van der Waals surface area contributed by atoms with Crippen LogP contribution in [0.3, 0.4) is 0 Å². The van der Waals surface area contributed by atoms with Gasteiger partial charge in [0.25, 0.3) is 0 Å². The molecule has 3 N–H and O–H groups in total. The zero-order valence-corrected chi connectivity index (χ0v) is 28.7. The SMILES string of the molecule is O=S(=O)(O)c1cccc([As](c2cccc(S(=O)(=O)O)c2)c2cccc(S(=O)(=O)O)c2)c1.[Na].[Na].[Na].